The molecule has 0 spiro atoms. The predicted octanol–water partition coefficient (Wildman–Crippen LogP) is 2.54. The predicted molar refractivity (Wildman–Crippen MR) is 109 cm³/mol. The van der Waals surface area contributed by atoms with Crippen molar-refractivity contribution in [2.75, 3.05) is 13.1 Å². The maximum Gasteiger partial charge on any atom is 0.275 e. The second-order valence-electron chi connectivity index (χ2n) is 7.63. The van der Waals surface area contributed by atoms with Gasteiger partial charge in [0.15, 0.2) is 5.69 Å². The zero-order valence-electron chi connectivity index (χ0n) is 16.1. The van der Waals surface area contributed by atoms with Crippen molar-refractivity contribution < 1.29 is 4.79 Å². The minimum absolute atomic E-state index is 0.0902. The molecular formula is C22H24N4O2. The van der Waals surface area contributed by atoms with Gasteiger partial charge in [-0.05, 0) is 25.5 Å². The van der Waals surface area contributed by atoms with Gasteiger partial charge in [0.25, 0.3) is 11.5 Å². The van der Waals surface area contributed by atoms with E-state index in [0.717, 1.165) is 5.56 Å². The smallest absolute Gasteiger partial charge is 0.275 e. The van der Waals surface area contributed by atoms with Gasteiger partial charge in [-0.25, -0.2) is 4.68 Å². The monoisotopic (exact) mass is 376 g/mol. The van der Waals surface area contributed by atoms with E-state index >= 15 is 0 Å². The summed E-state index contributed by atoms with van der Waals surface area (Å²) in [5.41, 5.74) is 7.63. The Bertz CT molecular complexity index is 1070. The largest absolute Gasteiger partial charge is 0.335 e. The Hall–Kier alpha value is -2.99. The number of carbonyl (C=O) groups is 1. The minimum Gasteiger partial charge on any atom is -0.335 e. The van der Waals surface area contributed by atoms with Crippen LogP contribution in [0.3, 0.4) is 0 Å². The summed E-state index contributed by atoms with van der Waals surface area (Å²) >= 11 is 0. The van der Waals surface area contributed by atoms with Crippen molar-refractivity contribution in [3.8, 4) is 0 Å². The normalized spacial score (nSPS) is 19.5. The van der Waals surface area contributed by atoms with Crippen LogP contribution in [-0.2, 0) is 0 Å². The number of hydrogen-bond donors (Lipinski definition) is 1. The van der Waals surface area contributed by atoms with Gasteiger partial charge in [-0.2, -0.15) is 5.10 Å². The van der Waals surface area contributed by atoms with Gasteiger partial charge in [-0.1, -0.05) is 48.5 Å². The second kappa shape index (κ2) is 7.20. The number of fused-ring (bicyclic) bond motifs is 1. The van der Waals surface area contributed by atoms with Gasteiger partial charge in [0.05, 0.1) is 11.4 Å². The SMILES string of the molecule is CC(C)n1nc(C(=O)N2C[C@@H](N)[C@H](c3ccccc3)C2)c2ccccc2c1=O. The number of nitrogens with two attached hydrogens (primary N) is 1. The molecule has 1 aliphatic rings. The molecule has 0 saturated carbocycles. The molecule has 0 unspecified atom stereocenters. The third kappa shape index (κ3) is 3.10. The van der Waals surface area contributed by atoms with Gasteiger partial charge in [-0.15, -0.1) is 0 Å². The third-order valence-corrected chi connectivity index (χ3v) is 5.40. The Morgan fingerprint density at radius 2 is 1.68 bits per heavy atom. The molecule has 1 aliphatic heterocycles. The third-order valence-electron chi connectivity index (χ3n) is 5.40. The van der Waals surface area contributed by atoms with Crippen molar-refractivity contribution in [1.82, 2.24) is 14.7 Å². The molecule has 0 aliphatic carbocycles. The van der Waals surface area contributed by atoms with Gasteiger partial charge in [0.1, 0.15) is 0 Å². The van der Waals surface area contributed by atoms with Gasteiger partial charge in [-0.3, -0.25) is 9.59 Å². The Morgan fingerprint density at radius 1 is 1.04 bits per heavy atom. The van der Waals surface area contributed by atoms with E-state index < -0.39 is 0 Å². The molecule has 0 radical (unpaired) electrons. The highest BCUT2D eigenvalue weighted by Gasteiger charge is 2.35. The van der Waals surface area contributed by atoms with Crippen LogP contribution in [0.2, 0.25) is 0 Å². The average molecular weight is 376 g/mol. The number of nitrogens with zero attached hydrogens (tertiary/aromatic N) is 3. The Balaban J connectivity index is 1.74. The Labute approximate surface area is 163 Å². The maximum atomic E-state index is 13.4. The van der Waals surface area contributed by atoms with Crippen LogP contribution in [0.5, 0.6) is 0 Å². The lowest BCUT2D eigenvalue weighted by atomic mass is 9.95. The second-order valence-corrected chi connectivity index (χ2v) is 7.63. The van der Waals surface area contributed by atoms with Crippen molar-refractivity contribution in [3.05, 3.63) is 76.2 Å². The van der Waals surface area contributed by atoms with Crippen LogP contribution in [0, 0.1) is 0 Å². The molecule has 6 nitrogen and oxygen atoms in total. The van der Waals surface area contributed by atoms with Crippen molar-refractivity contribution in [2.45, 2.75) is 31.8 Å². The minimum atomic E-state index is -0.181. The van der Waals surface area contributed by atoms with Gasteiger partial charge in [0, 0.05) is 30.4 Å². The lowest BCUT2D eigenvalue weighted by Crippen LogP contribution is -2.35. The number of carbonyl (C=O) groups excluding carboxylic acids is 1. The van der Waals surface area contributed by atoms with Crippen LogP contribution in [-0.4, -0.2) is 39.7 Å². The van der Waals surface area contributed by atoms with Crippen LogP contribution in [0.4, 0.5) is 0 Å². The summed E-state index contributed by atoms with van der Waals surface area (Å²) in [6.45, 7) is 4.78. The summed E-state index contributed by atoms with van der Waals surface area (Å²) < 4.78 is 1.39. The fourth-order valence-corrected chi connectivity index (χ4v) is 3.91. The molecule has 3 aromatic rings. The number of aromatic nitrogens is 2. The number of likely N-dealkylation sites (tertiary alicyclic amines) is 1. The van der Waals surface area contributed by atoms with E-state index in [2.05, 4.69) is 5.10 Å². The van der Waals surface area contributed by atoms with E-state index in [9.17, 15) is 9.59 Å². The summed E-state index contributed by atoms with van der Waals surface area (Å²) in [5, 5.41) is 5.54. The van der Waals surface area contributed by atoms with Gasteiger partial charge >= 0.3 is 0 Å². The zero-order chi connectivity index (χ0) is 19.8. The number of hydrogen-bond acceptors (Lipinski definition) is 4. The van der Waals surface area contributed by atoms with Crippen molar-refractivity contribution in [3.63, 3.8) is 0 Å². The van der Waals surface area contributed by atoms with Crippen LogP contribution >= 0.6 is 0 Å². The van der Waals surface area contributed by atoms with E-state index in [1.807, 2.05) is 50.2 Å². The van der Waals surface area contributed by atoms with Crippen molar-refractivity contribution in [2.24, 2.45) is 5.73 Å². The first-order valence-electron chi connectivity index (χ1n) is 9.58. The summed E-state index contributed by atoms with van der Waals surface area (Å²) in [5.74, 6) is -0.0908. The molecule has 1 aromatic heterocycles. The molecule has 2 N–H and O–H groups in total. The fourth-order valence-electron chi connectivity index (χ4n) is 3.91. The molecule has 0 bridgehead atoms. The first-order chi connectivity index (χ1) is 13.5. The van der Waals surface area contributed by atoms with E-state index in [-0.39, 0.29) is 29.5 Å². The standard InChI is InChI=1S/C22H24N4O2/c1-14(2)26-21(27)17-11-7-6-10-16(17)20(24-26)22(28)25-12-18(19(23)13-25)15-8-4-3-5-9-15/h3-11,14,18-19H,12-13,23H2,1-2H3/t18-,19+/m0/s1. The Kier molecular flexibility index (Phi) is 4.73. The van der Waals surface area contributed by atoms with E-state index in [0.29, 0.717) is 29.6 Å². The maximum absolute atomic E-state index is 13.4. The molecule has 1 saturated heterocycles. The average Bonchev–Trinajstić information content (AvgIpc) is 3.10. The van der Waals surface area contributed by atoms with Crippen LogP contribution in [0.1, 0.15) is 41.9 Å². The molecule has 2 aromatic carbocycles. The van der Waals surface area contributed by atoms with E-state index in [1.165, 1.54) is 4.68 Å². The fraction of sp³-hybridized carbons (Fsp3) is 0.318. The van der Waals surface area contributed by atoms with Crippen molar-refractivity contribution in [1.29, 1.82) is 0 Å². The molecule has 6 heteroatoms. The van der Waals surface area contributed by atoms with Gasteiger partial charge < -0.3 is 10.6 Å². The highest BCUT2D eigenvalue weighted by Crippen LogP contribution is 2.28. The first-order valence-corrected chi connectivity index (χ1v) is 9.58. The van der Waals surface area contributed by atoms with E-state index in [4.69, 9.17) is 5.73 Å². The lowest BCUT2D eigenvalue weighted by molar-refractivity contribution is 0.0782. The Morgan fingerprint density at radius 3 is 2.36 bits per heavy atom. The van der Waals surface area contributed by atoms with Crippen LogP contribution in [0.15, 0.2) is 59.4 Å². The van der Waals surface area contributed by atoms with Gasteiger partial charge in [0.2, 0.25) is 0 Å². The molecule has 28 heavy (non-hydrogen) atoms. The molecule has 1 amide bonds. The zero-order valence-corrected chi connectivity index (χ0v) is 16.1. The highest BCUT2D eigenvalue weighted by atomic mass is 16.2. The number of rotatable bonds is 3. The summed E-state index contributed by atoms with van der Waals surface area (Å²) in [6.07, 6.45) is 0. The highest BCUT2D eigenvalue weighted by molar-refractivity contribution is 6.05. The lowest BCUT2D eigenvalue weighted by Gasteiger charge is -2.19. The van der Waals surface area contributed by atoms with Crippen LogP contribution in [0.25, 0.3) is 10.8 Å². The van der Waals surface area contributed by atoms with Crippen molar-refractivity contribution >= 4 is 16.7 Å². The first kappa shape index (κ1) is 18.4. The molecule has 144 valence electrons. The topological polar surface area (TPSA) is 81.2 Å². The molecule has 1 fully saturated rings. The van der Waals surface area contributed by atoms with E-state index in [1.54, 1.807) is 23.1 Å². The number of benzene rings is 2. The number of amides is 1. The summed E-state index contributed by atoms with van der Waals surface area (Å²) in [6, 6.07) is 16.9. The summed E-state index contributed by atoms with van der Waals surface area (Å²) in [4.78, 5) is 27.8. The molecule has 2 heterocycles. The molecule has 2 atom stereocenters. The van der Waals surface area contributed by atoms with Crippen LogP contribution < -0.4 is 11.3 Å². The summed E-state index contributed by atoms with van der Waals surface area (Å²) in [7, 11) is 0. The molecular weight excluding hydrogens is 352 g/mol. The quantitative estimate of drug-likeness (QED) is 0.762. The molecule has 4 rings (SSSR count).